The van der Waals surface area contributed by atoms with E-state index in [9.17, 15) is 4.79 Å². The molecule has 1 atom stereocenters. The molecular weight excluding hydrogens is 252 g/mol. The maximum Gasteiger partial charge on any atom is 0.310 e. The first kappa shape index (κ1) is 18.7. The number of ether oxygens (including phenoxy) is 1. The van der Waals surface area contributed by atoms with Crippen LogP contribution in [0.5, 0.6) is 0 Å². The van der Waals surface area contributed by atoms with Crippen molar-refractivity contribution < 1.29 is 14.6 Å². The Morgan fingerprint density at radius 3 is 1.90 bits per heavy atom. The van der Waals surface area contributed by atoms with Gasteiger partial charge in [-0.15, -0.1) is 0 Å². The number of carboxylic acid groups (broad SMARTS) is 1. The summed E-state index contributed by atoms with van der Waals surface area (Å²) in [7, 11) is 0. The largest absolute Gasteiger partial charge is 0.481 e. The molecular formula is C17H28O3. The second kappa shape index (κ2) is 10.4. The van der Waals surface area contributed by atoms with Gasteiger partial charge >= 0.3 is 5.97 Å². The second-order valence-electron chi connectivity index (χ2n) is 5.18. The molecule has 0 aliphatic heterocycles. The first-order chi connectivity index (χ1) is 9.42. The van der Waals surface area contributed by atoms with E-state index in [4.69, 9.17) is 9.84 Å². The quantitative estimate of drug-likeness (QED) is 0.852. The van der Waals surface area contributed by atoms with Crippen molar-refractivity contribution in [2.75, 3.05) is 13.2 Å². The predicted octanol–water partition coefficient (Wildman–Crippen LogP) is 4.12. The Morgan fingerprint density at radius 1 is 1.10 bits per heavy atom. The van der Waals surface area contributed by atoms with Gasteiger partial charge in [0.15, 0.2) is 0 Å². The van der Waals surface area contributed by atoms with Crippen LogP contribution in [0.3, 0.4) is 0 Å². The van der Waals surface area contributed by atoms with Gasteiger partial charge in [0, 0.05) is 13.2 Å². The number of carboxylic acids is 1. The summed E-state index contributed by atoms with van der Waals surface area (Å²) in [6.07, 6.45) is 1.04. The van der Waals surface area contributed by atoms with E-state index in [1.54, 1.807) is 6.92 Å². The molecule has 0 fully saturated rings. The number of hydrogen-bond acceptors (Lipinski definition) is 2. The molecule has 114 valence electrons. The molecule has 0 heterocycles. The van der Waals surface area contributed by atoms with E-state index in [1.165, 1.54) is 5.56 Å². The van der Waals surface area contributed by atoms with Crippen LogP contribution in [-0.2, 0) is 16.0 Å². The molecule has 0 saturated carbocycles. The smallest absolute Gasteiger partial charge is 0.310 e. The van der Waals surface area contributed by atoms with Gasteiger partial charge in [0.25, 0.3) is 0 Å². The van der Waals surface area contributed by atoms with Gasteiger partial charge < -0.3 is 9.84 Å². The van der Waals surface area contributed by atoms with Crippen LogP contribution in [0.4, 0.5) is 0 Å². The van der Waals surface area contributed by atoms with Crippen LogP contribution in [0.1, 0.15) is 51.7 Å². The summed E-state index contributed by atoms with van der Waals surface area (Å²) in [5.41, 5.74) is 2.14. The van der Waals surface area contributed by atoms with Crippen molar-refractivity contribution >= 4 is 5.97 Å². The zero-order valence-electron chi connectivity index (χ0n) is 13.3. The fourth-order valence-corrected chi connectivity index (χ4v) is 1.76. The minimum Gasteiger partial charge on any atom is -0.481 e. The minimum absolute atomic E-state index is 0.418. The Hall–Kier alpha value is -1.35. The van der Waals surface area contributed by atoms with Gasteiger partial charge in [0.1, 0.15) is 0 Å². The van der Waals surface area contributed by atoms with E-state index in [0.29, 0.717) is 5.92 Å². The Kier molecular flexibility index (Phi) is 9.73. The van der Waals surface area contributed by atoms with E-state index in [-0.39, 0.29) is 0 Å². The Bertz CT molecular complexity index is 366. The molecule has 1 N–H and O–H groups in total. The van der Waals surface area contributed by atoms with Crippen LogP contribution >= 0.6 is 0 Å². The molecule has 0 saturated heterocycles. The zero-order chi connectivity index (χ0) is 15.5. The summed E-state index contributed by atoms with van der Waals surface area (Å²) in [4.78, 5) is 10.8. The minimum atomic E-state index is -0.772. The topological polar surface area (TPSA) is 46.5 Å². The monoisotopic (exact) mass is 280 g/mol. The average Bonchev–Trinajstić information content (AvgIpc) is 2.39. The fraction of sp³-hybridized carbons (Fsp3) is 0.588. The second-order valence-corrected chi connectivity index (χ2v) is 5.18. The molecule has 20 heavy (non-hydrogen) atoms. The molecule has 0 aromatic heterocycles. The van der Waals surface area contributed by atoms with Crippen LogP contribution in [0.15, 0.2) is 24.3 Å². The summed E-state index contributed by atoms with van der Waals surface area (Å²) < 4.78 is 4.83. The molecule has 1 aromatic rings. The Morgan fingerprint density at radius 2 is 1.60 bits per heavy atom. The number of rotatable bonds is 6. The number of benzene rings is 1. The lowest BCUT2D eigenvalue weighted by atomic mass is 9.97. The zero-order valence-corrected chi connectivity index (χ0v) is 13.3. The number of hydrogen-bond donors (Lipinski definition) is 1. The summed E-state index contributed by atoms with van der Waals surface area (Å²) >= 11 is 0. The highest BCUT2D eigenvalue weighted by atomic mass is 16.5. The first-order valence-corrected chi connectivity index (χ1v) is 7.31. The fourth-order valence-electron chi connectivity index (χ4n) is 1.76. The third-order valence-electron chi connectivity index (χ3n) is 2.90. The van der Waals surface area contributed by atoms with E-state index in [0.717, 1.165) is 25.2 Å². The number of aliphatic carboxylic acids is 1. The summed E-state index contributed by atoms with van der Waals surface area (Å²) in [5.74, 6) is -0.558. The highest BCUT2D eigenvalue weighted by Gasteiger charge is 2.12. The molecule has 3 nitrogen and oxygen atoms in total. The lowest BCUT2D eigenvalue weighted by molar-refractivity contribution is -0.138. The van der Waals surface area contributed by atoms with Gasteiger partial charge in [0.2, 0.25) is 0 Å². The summed E-state index contributed by atoms with van der Waals surface area (Å²) in [5, 5.41) is 8.85. The van der Waals surface area contributed by atoms with E-state index < -0.39 is 11.9 Å². The van der Waals surface area contributed by atoms with Crippen molar-refractivity contribution in [2.45, 2.75) is 47.0 Å². The lowest BCUT2D eigenvalue weighted by Gasteiger charge is -2.09. The third-order valence-corrected chi connectivity index (χ3v) is 2.90. The van der Waals surface area contributed by atoms with E-state index in [1.807, 2.05) is 38.1 Å². The van der Waals surface area contributed by atoms with Crippen LogP contribution in [0.2, 0.25) is 0 Å². The predicted molar refractivity (Wildman–Crippen MR) is 83.2 cm³/mol. The molecule has 1 rings (SSSR count). The van der Waals surface area contributed by atoms with Crippen molar-refractivity contribution in [3.63, 3.8) is 0 Å². The van der Waals surface area contributed by atoms with Crippen LogP contribution < -0.4 is 0 Å². The van der Waals surface area contributed by atoms with Gasteiger partial charge in [-0.3, -0.25) is 4.79 Å². The lowest BCUT2D eigenvalue weighted by Crippen LogP contribution is -2.07. The van der Waals surface area contributed by atoms with E-state index >= 15 is 0 Å². The van der Waals surface area contributed by atoms with Crippen LogP contribution in [0.25, 0.3) is 0 Å². The third kappa shape index (κ3) is 7.95. The standard InChI is InChI=1S/C13H18O2.C4H10O/c1-9(2)8-11-4-6-12(7-5-11)10(3)13(14)15;1-3-5-4-2/h4-7,9-10H,8H2,1-3H3,(H,14,15);3-4H2,1-2H3. The van der Waals surface area contributed by atoms with Gasteiger partial charge in [-0.2, -0.15) is 0 Å². The van der Waals surface area contributed by atoms with E-state index in [2.05, 4.69) is 13.8 Å². The van der Waals surface area contributed by atoms with Crippen molar-refractivity contribution in [1.29, 1.82) is 0 Å². The average molecular weight is 280 g/mol. The normalized spacial score (nSPS) is 11.7. The highest BCUT2D eigenvalue weighted by molar-refractivity contribution is 5.75. The van der Waals surface area contributed by atoms with Gasteiger partial charge in [0.05, 0.1) is 5.92 Å². The molecule has 0 spiro atoms. The Labute approximate surface area is 123 Å². The van der Waals surface area contributed by atoms with Gasteiger partial charge in [-0.1, -0.05) is 38.1 Å². The molecule has 3 heteroatoms. The molecule has 1 unspecified atom stereocenters. The Balaban J connectivity index is 0.000000621. The molecule has 0 bridgehead atoms. The molecule has 0 radical (unpaired) electrons. The summed E-state index contributed by atoms with van der Waals surface area (Å²) in [6, 6.07) is 7.87. The molecule has 0 aliphatic rings. The van der Waals surface area contributed by atoms with Crippen molar-refractivity contribution in [3.8, 4) is 0 Å². The maximum absolute atomic E-state index is 10.8. The van der Waals surface area contributed by atoms with Crippen molar-refractivity contribution in [2.24, 2.45) is 5.92 Å². The maximum atomic E-state index is 10.8. The van der Waals surface area contributed by atoms with Gasteiger partial charge in [-0.25, -0.2) is 0 Å². The SMILES string of the molecule is CC(C)Cc1ccc(C(C)C(=O)O)cc1.CCOCC. The number of carbonyl (C=O) groups is 1. The van der Waals surface area contributed by atoms with Crippen LogP contribution in [-0.4, -0.2) is 24.3 Å². The van der Waals surface area contributed by atoms with Crippen molar-refractivity contribution in [3.05, 3.63) is 35.4 Å². The van der Waals surface area contributed by atoms with Gasteiger partial charge in [-0.05, 0) is 44.2 Å². The highest BCUT2D eigenvalue weighted by Crippen LogP contribution is 2.17. The first-order valence-electron chi connectivity index (χ1n) is 7.31. The summed E-state index contributed by atoms with van der Waals surface area (Å²) in [6.45, 7) is 11.7. The molecule has 1 aromatic carbocycles. The van der Waals surface area contributed by atoms with Crippen molar-refractivity contribution in [1.82, 2.24) is 0 Å². The van der Waals surface area contributed by atoms with Crippen LogP contribution in [0, 0.1) is 5.92 Å². The molecule has 0 aliphatic carbocycles. The molecule has 0 amide bonds.